The molecule has 4 N–H and O–H groups in total. The third-order valence-electron chi connectivity index (χ3n) is 3.36. The van der Waals surface area contributed by atoms with Gasteiger partial charge in [-0.15, -0.1) is 0 Å². The van der Waals surface area contributed by atoms with Gasteiger partial charge >= 0.3 is 0 Å². The summed E-state index contributed by atoms with van der Waals surface area (Å²) in [6, 6.07) is 7.27. The minimum absolute atomic E-state index is 0.0694. The van der Waals surface area contributed by atoms with Crippen LogP contribution in [-0.2, 0) is 26.2 Å². The van der Waals surface area contributed by atoms with Crippen LogP contribution < -0.4 is 20.7 Å². The van der Waals surface area contributed by atoms with Crippen LogP contribution in [0, 0.1) is 0 Å². The lowest BCUT2D eigenvalue weighted by molar-refractivity contribution is -0.120. The van der Waals surface area contributed by atoms with E-state index in [9.17, 15) is 18.0 Å². The second-order valence-electron chi connectivity index (χ2n) is 6.10. The van der Waals surface area contributed by atoms with Gasteiger partial charge in [-0.1, -0.05) is 25.1 Å². The zero-order valence-corrected chi connectivity index (χ0v) is 16.3. The van der Waals surface area contributed by atoms with E-state index in [0.717, 1.165) is 12.1 Å². The van der Waals surface area contributed by atoms with Gasteiger partial charge in [-0.25, -0.2) is 13.1 Å². The molecule has 0 radical (unpaired) electrons. The molecule has 146 valence electrons. The molecule has 2 amide bonds. The van der Waals surface area contributed by atoms with Crippen molar-refractivity contribution in [2.24, 2.45) is 0 Å². The summed E-state index contributed by atoms with van der Waals surface area (Å²) in [5, 5.41) is 8.50. The van der Waals surface area contributed by atoms with Crippen LogP contribution in [0.2, 0.25) is 0 Å². The molecule has 0 unspecified atom stereocenters. The first kappa shape index (κ1) is 22.1. The number of para-hydroxylation sites is 1. The first-order valence-electron chi connectivity index (χ1n) is 8.58. The van der Waals surface area contributed by atoms with Crippen LogP contribution in [0.15, 0.2) is 24.3 Å². The summed E-state index contributed by atoms with van der Waals surface area (Å²) in [5.74, 6) is -1.19. The number of carbonyl (C=O) groups is 2. The van der Waals surface area contributed by atoms with Crippen molar-refractivity contribution in [2.75, 3.05) is 24.2 Å². The molecule has 0 aliphatic heterocycles. The number of hydrogen-bond acceptors (Lipinski definition) is 5. The molecule has 0 spiro atoms. The Kier molecular flexibility index (Phi) is 9.25. The first-order valence-corrected chi connectivity index (χ1v) is 10.2. The van der Waals surface area contributed by atoms with Gasteiger partial charge in [0.25, 0.3) is 0 Å². The van der Waals surface area contributed by atoms with E-state index in [1.807, 2.05) is 19.1 Å². The van der Waals surface area contributed by atoms with E-state index < -0.39 is 21.8 Å². The molecule has 0 aliphatic rings. The summed E-state index contributed by atoms with van der Waals surface area (Å²) < 4.78 is 26.0. The van der Waals surface area contributed by atoms with Gasteiger partial charge in [-0.3, -0.25) is 9.59 Å². The summed E-state index contributed by atoms with van der Waals surface area (Å²) in [7, 11) is -3.71. The van der Waals surface area contributed by atoms with Gasteiger partial charge < -0.3 is 16.0 Å². The monoisotopic (exact) mass is 384 g/mol. The fourth-order valence-corrected chi connectivity index (χ4v) is 3.07. The molecule has 0 aliphatic carbocycles. The summed E-state index contributed by atoms with van der Waals surface area (Å²) in [6.45, 7) is 6.62. The topological polar surface area (TPSA) is 116 Å². The Balaban J connectivity index is 2.50. The zero-order valence-electron chi connectivity index (χ0n) is 15.5. The average molecular weight is 385 g/mol. The number of nitrogens with one attached hydrogen (secondary N) is 4. The van der Waals surface area contributed by atoms with Crippen molar-refractivity contribution in [3.05, 3.63) is 29.8 Å². The Morgan fingerprint density at radius 1 is 1.12 bits per heavy atom. The van der Waals surface area contributed by atoms with Crippen LogP contribution in [0.5, 0.6) is 0 Å². The smallest absolute Gasteiger partial charge is 0.235 e. The van der Waals surface area contributed by atoms with Gasteiger partial charge in [0.1, 0.15) is 0 Å². The fourth-order valence-electron chi connectivity index (χ4n) is 2.12. The third-order valence-corrected chi connectivity index (χ3v) is 4.68. The summed E-state index contributed by atoms with van der Waals surface area (Å²) in [6.07, 6.45) is -0.198. The van der Waals surface area contributed by atoms with Crippen LogP contribution in [0.4, 0.5) is 5.69 Å². The van der Waals surface area contributed by atoms with Crippen molar-refractivity contribution in [3.63, 3.8) is 0 Å². The molecule has 8 nitrogen and oxygen atoms in total. The van der Waals surface area contributed by atoms with Crippen molar-refractivity contribution in [1.29, 1.82) is 0 Å². The minimum Gasteiger partial charge on any atom is -0.353 e. The first-order chi connectivity index (χ1) is 12.2. The van der Waals surface area contributed by atoms with Crippen LogP contribution in [-0.4, -0.2) is 45.1 Å². The Hall–Kier alpha value is -1.97. The maximum absolute atomic E-state index is 12.1. The van der Waals surface area contributed by atoms with E-state index in [0.29, 0.717) is 12.2 Å². The highest BCUT2D eigenvalue weighted by molar-refractivity contribution is 7.89. The minimum atomic E-state index is -3.71. The van der Waals surface area contributed by atoms with E-state index in [2.05, 4.69) is 20.7 Å². The number of amides is 2. The number of anilines is 1. The van der Waals surface area contributed by atoms with Crippen molar-refractivity contribution in [3.8, 4) is 0 Å². The molecule has 0 bridgehead atoms. The summed E-state index contributed by atoms with van der Waals surface area (Å²) in [4.78, 5) is 23.5. The van der Waals surface area contributed by atoms with E-state index in [-0.39, 0.29) is 24.8 Å². The molecule has 1 aromatic rings. The molecule has 0 fully saturated rings. The Bertz CT molecular complexity index is 704. The van der Waals surface area contributed by atoms with Crippen molar-refractivity contribution in [1.82, 2.24) is 15.4 Å². The number of rotatable bonds is 11. The van der Waals surface area contributed by atoms with E-state index in [1.165, 1.54) is 0 Å². The number of benzene rings is 1. The third kappa shape index (κ3) is 8.93. The molecular formula is C17H28N4O4S. The molecule has 0 saturated heterocycles. The molecule has 26 heavy (non-hydrogen) atoms. The van der Waals surface area contributed by atoms with Gasteiger partial charge in [0.05, 0.1) is 12.3 Å². The van der Waals surface area contributed by atoms with Gasteiger partial charge in [-0.05, 0) is 32.0 Å². The molecular weight excluding hydrogens is 356 g/mol. The standard InChI is InChI=1S/C17H28N4O4S/c1-4-18-11-14-7-5-6-8-15(14)21-16(22)9-10-26(24,25)19-12-17(23)20-13(2)3/h5-8,13,18-19H,4,9-12H2,1-3H3,(H,20,23)(H,21,22). The lowest BCUT2D eigenvalue weighted by Crippen LogP contribution is -2.40. The highest BCUT2D eigenvalue weighted by Crippen LogP contribution is 2.15. The quantitative estimate of drug-likeness (QED) is 0.445. The van der Waals surface area contributed by atoms with Gasteiger partial charge in [0.15, 0.2) is 0 Å². The van der Waals surface area contributed by atoms with Gasteiger partial charge in [-0.2, -0.15) is 0 Å². The lowest BCUT2D eigenvalue weighted by atomic mass is 10.1. The zero-order chi connectivity index (χ0) is 19.6. The highest BCUT2D eigenvalue weighted by Gasteiger charge is 2.15. The second-order valence-corrected chi connectivity index (χ2v) is 8.02. The molecule has 1 aromatic carbocycles. The van der Waals surface area contributed by atoms with E-state index >= 15 is 0 Å². The highest BCUT2D eigenvalue weighted by atomic mass is 32.2. The van der Waals surface area contributed by atoms with E-state index in [1.54, 1.807) is 26.0 Å². The number of hydrogen-bond donors (Lipinski definition) is 4. The molecule has 9 heteroatoms. The number of sulfonamides is 1. The molecule has 0 heterocycles. The van der Waals surface area contributed by atoms with Crippen LogP contribution in [0.25, 0.3) is 0 Å². The Labute approximate surface area is 155 Å². The fraction of sp³-hybridized carbons (Fsp3) is 0.529. The molecule has 0 aromatic heterocycles. The van der Waals surface area contributed by atoms with Crippen LogP contribution in [0.3, 0.4) is 0 Å². The Morgan fingerprint density at radius 3 is 2.46 bits per heavy atom. The van der Waals surface area contributed by atoms with Crippen LogP contribution in [0.1, 0.15) is 32.8 Å². The molecule has 0 atom stereocenters. The second kappa shape index (κ2) is 10.9. The number of carbonyl (C=O) groups excluding carboxylic acids is 2. The lowest BCUT2D eigenvalue weighted by Gasteiger charge is -2.12. The SMILES string of the molecule is CCNCc1ccccc1NC(=O)CCS(=O)(=O)NCC(=O)NC(C)C. The normalized spacial score (nSPS) is 11.4. The summed E-state index contributed by atoms with van der Waals surface area (Å²) >= 11 is 0. The van der Waals surface area contributed by atoms with E-state index in [4.69, 9.17) is 0 Å². The predicted octanol–water partition coefficient (Wildman–Crippen LogP) is 0.569. The largest absolute Gasteiger partial charge is 0.353 e. The summed E-state index contributed by atoms with van der Waals surface area (Å²) in [5.41, 5.74) is 1.58. The van der Waals surface area contributed by atoms with Crippen molar-refractivity contribution < 1.29 is 18.0 Å². The maximum Gasteiger partial charge on any atom is 0.235 e. The van der Waals surface area contributed by atoms with Gasteiger partial charge in [0, 0.05) is 24.7 Å². The predicted molar refractivity (Wildman–Crippen MR) is 102 cm³/mol. The Morgan fingerprint density at radius 2 is 1.81 bits per heavy atom. The van der Waals surface area contributed by atoms with Gasteiger partial charge in [0.2, 0.25) is 21.8 Å². The van der Waals surface area contributed by atoms with Crippen molar-refractivity contribution in [2.45, 2.75) is 39.8 Å². The van der Waals surface area contributed by atoms with Crippen molar-refractivity contribution >= 4 is 27.5 Å². The maximum atomic E-state index is 12.1. The van der Waals surface area contributed by atoms with Crippen LogP contribution >= 0.6 is 0 Å². The average Bonchev–Trinajstić information content (AvgIpc) is 2.57. The molecule has 0 saturated carbocycles. The molecule has 1 rings (SSSR count).